The number of amides is 2. The molecule has 0 saturated carbocycles. The van der Waals surface area contributed by atoms with Crippen molar-refractivity contribution in [1.82, 2.24) is 10.6 Å². The zero-order chi connectivity index (χ0) is 19.6. The Bertz CT molecular complexity index is 722. The molecule has 2 rings (SSSR count). The molecular weight excluding hydrogens is 344 g/mol. The molecule has 1 heterocycles. The van der Waals surface area contributed by atoms with Crippen molar-refractivity contribution in [2.24, 2.45) is 5.92 Å². The number of benzene rings is 1. The van der Waals surface area contributed by atoms with E-state index in [1.165, 1.54) is 12.2 Å². The fourth-order valence-electron chi connectivity index (χ4n) is 2.83. The van der Waals surface area contributed by atoms with E-state index in [0.29, 0.717) is 13.0 Å². The van der Waals surface area contributed by atoms with E-state index >= 15 is 0 Å². The molecule has 1 saturated heterocycles. The van der Waals surface area contributed by atoms with Gasteiger partial charge in [-0.15, -0.1) is 0 Å². The molecule has 1 aromatic carbocycles. The van der Waals surface area contributed by atoms with Gasteiger partial charge >= 0.3 is 5.97 Å². The number of ether oxygens (including phenoxy) is 1. The van der Waals surface area contributed by atoms with Crippen LogP contribution in [-0.4, -0.2) is 37.0 Å². The second-order valence-corrected chi connectivity index (χ2v) is 6.48. The second-order valence-electron chi connectivity index (χ2n) is 6.48. The largest absolute Gasteiger partial charge is 0.463 e. The zero-order valence-electron chi connectivity index (χ0n) is 15.7. The number of carbonyl (C=O) groups excluding carboxylic acids is 3. The maximum atomic E-state index is 12.3. The van der Waals surface area contributed by atoms with Crippen molar-refractivity contribution in [3.63, 3.8) is 0 Å². The van der Waals surface area contributed by atoms with Gasteiger partial charge in [-0.3, -0.25) is 9.59 Å². The minimum Gasteiger partial charge on any atom is -0.463 e. The Morgan fingerprint density at radius 2 is 2.04 bits per heavy atom. The summed E-state index contributed by atoms with van der Waals surface area (Å²) in [5, 5.41) is 5.63. The summed E-state index contributed by atoms with van der Waals surface area (Å²) < 4.78 is 4.87. The summed E-state index contributed by atoms with van der Waals surface area (Å²) in [5.41, 5.74) is 2.07. The van der Waals surface area contributed by atoms with Crippen molar-refractivity contribution in [2.75, 3.05) is 13.2 Å². The molecule has 2 atom stereocenters. The fourth-order valence-corrected chi connectivity index (χ4v) is 2.83. The highest BCUT2D eigenvalue weighted by atomic mass is 16.5. The summed E-state index contributed by atoms with van der Waals surface area (Å²) >= 11 is 0. The lowest BCUT2D eigenvalue weighted by molar-refractivity contribution is -0.137. The van der Waals surface area contributed by atoms with E-state index in [9.17, 15) is 14.4 Å². The normalized spacial score (nSPS) is 17.9. The van der Waals surface area contributed by atoms with Crippen LogP contribution in [0.3, 0.4) is 0 Å². The lowest BCUT2D eigenvalue weighted by atomic mass is 9.98. The standard InChI is InChI=1S/C21H26N2O4/c1-3-27-20(25)11-9-18(14-17-12-13-22-21(17)26)23-19(24)10-8-16-6-4-15(2)5-7-16/h4-11,17-18H,3,12-14H2,1-2H3,(H,22,26)(H,23,24)/b10-8+,11-9+/t17-,18+/m0/s1. The smallest absolute Gasteiger partial charge is 0.330 e. The van der Waals surface area contributed by atoms with Gasteiger partial charge in [-0.25, -0.2) is 4.79 Å². The van der Waals surface area contributed by atoms with Crippen LogP contribution in [0.2, 0.25) is 0 Å². The minimum absolute atomic E-state index is 0.0195. The van der Waals surface area contributed by atoms with Crippen molar-refractivity contribution in [2.45, 2.75) is 32.7 Å². The van der Waals surface area contributed by atoms with E-state index in [2.05, 4.69) is 10.6 Å². The molecule has 0 unspecified atom stereocenters. The molecule has 0 aromatic heterocycles. The van der Waals surface area contributed by atoms with Crippen molar-refractivity contribution in [3.8, 4) is 0 Å². The van der Waals surface area contributed by atoms with Gasteiger partial charge in [0, 0.05) is 30.7 Å². The van der Waals surface area contributed by atoms with Gasteiger partial charge < -0.3 is 15.4 Å². The Morgan fingerprint density at radius 3 is 2.67 bits per heavy atom. The maximum Gasteiger partial charge on any atom is 0.330 e. The first-order valence-corrected chi connectivity index (χ1v) is 9.16. The molecule has 2 N–H and O–H groups in total. The molecule has 144 valence electrons. The Balaban J connectivity index is 2.00. The predicted octanol–water partition coefficient (Wildman–Crippen LogP) is 2.14. The summed E-state index contributed by atoms with van der Waals surface area (Å²) in [6.45, 7) is 4.65. The number of nitrogens with one attached hydrogen (secondary N) is 2. The van der Waals surface area contributed by atoms with E-state index in [1.807, 2.05) is 31.2 Å². The van der Waals surface area contributed by atoms with Gasteiger partial charge in [-0.05, 0) is 38.3 Å². The minimum atomic E-state index is -0.470. The highest BCUT2D eigenvalue weighted by molar-refractivity contribution is 5.92. The Labute approximate surface area is 159 Å². The molecule has 0 radical (unpaired) electrons. The van der Waals surface area contributed by atoms with E-state index in [0.717, 1.165) is 17.5 Å². The Kier molecular flexibility index (Phi) is 7.79. The topological polar surface area (TPSA) is 84.5 Å². The molecule has 1 aromatic rings. The van der Waals surface area contributed by atoms with E-state index < -0.39 is 12.0 Å². The van der Waals surface area contributed by atoms with Crippen LogP contribution in [0.25, 0.3) is 6.08 Å². The predicted molar refractivity (Wildman–Crippen MR) is 104 cm³/mol. The number of esters is 1. The fraction of sp³-hybridized carbons (Fsp3) is 0.381. The van der Waals surface area contributed by atoms with Gasteiger partial charge in [0.25, 0.3) is 0 Å². The second kappa shape index (κ2) is 10.3. The van der Waals surface area contributed by atoms with Crippen LogP contribution in [0.4, 0.5) is 0 Å². The first-order chi connectivity index (χ1) is 13.0. The van der Waals surface area contributed by atoms with Crippen LogP contribution >= 0.6 is 0 Å². The number of rotatable bonds is 8. The van der Waals surface area contributed by atoms with Gasteiger partial charge in [0.1, 0.15) is 0 Å². The molecule has 6 heteroatoms. The summed E-state index contributed by atoms with van der Waals surface area (Å²) in [4.78, 5) is 35.6. The van der Waals surface area contributed by atoms with Gasteiger partial charge in [0.05, 0.1) is 6.61 Å². The molecule has 0 spiro atoms. The van der Waals surface area contributed by atoms with Crippen LogP contribution < -0.4 is 10.6 Å². The average Bonchev–Trinajstić information content (AvgIpc) is 3.04. The zero-order valence-corrected chi connectivity index (χ0v) is 15.7. The quantitative estimate of drug-likeness (QED) is 0.542. The Hall–Kier alpha value is -2.89. The molecule has 6 nitrogen and oxygen atoms in total. The van der Waals surface area contributed by atoms with Gasteiger partial charge in [-0.1, -0.05) is 35.9 Å². The van der Waals surface area contributed by atoms with Crippen molar-refractivity contribution < 1.29 is 19.1 Å². The van der Waals surface area contributed by atoms with Crippen LogP contribution in [-0.2, 0) is 19.1 Å². The highest BCUT2D eigenvalue weighted by Crippen LogP contribution is 2.17. The number of hydrogen-bond donors (Lipinski definition) is 2. The molecule has 1 fully saturated rings. The molecule has 0 bridgehead atoms. The van der Waals surface area contributed by atoms with Gasteiger partial charge in [0.2, 0.25) is 11.8 Å². The van der Waals surface area contributed by atoms with Crippen molar-refractivity contribution >= 4 is 23.9 Å². The SMILES string of the molecule is CCOC(=O)/C=C/[C@H](C[C@@H]1CCNC1=O)NC(=O)/C=C/c1ccc(C)cc1. The van der Waals surface area contributed by atoms with Crippen LogP contribution in [0.1, 0.15) is 30.9 Å². The first kappa shape index (κ1) is 20.4. The third-order valence-corrected chi connectivity index (χ3v) is 4.28. The lowest BCUT2D eigenvalue weighted by Gasteiger charge is -2.17. The van der Waals surface area contributed by atoms with Crippen molar-refractivity contribution in [3.05, 3.63) is 53.6 Å². The summed E-state index contributed by atoms with van der Waals surface area (Å²) in [6, 6.07) is 7.38. The van der Waals surface area contributed by atoms with Crippen LogP contribution in [0, 0.1) is 12.8 Å². The monoisotopic (exact) mass is 370 g/mol. The van der Waals surface area contributed by atoms with Gasteiger partial charge in [0.15, 0.2) is 0 Å². The summed E-state index contributed by atoms with van der Waals surface area (Å²) in [7, 11) is 0. The summed E-state index contributed by atoms with van der Waals surface area (Å²) in [5.74, 6) is -0.951. The first-order valence-electron chi connectivity index (χ1n) is 9.16. The number of carbonyl (C=O) groups is 3. The molecule has 1 aliphatic rings. The maximum absolute atomic E-state index is 12.3. The van der Waals surface area contributed by atoms with E-state index in [4.69, 9.17) is 4.74 Å². The molecule has 1 aliphatic heterocycles. The third kappa shape index (κ3) is 7.09. The van der Waals surface area contributed by atoms with Gasteiger partial charge in [-0.2, -0.15) is 0 Å². The molecule has 0 aliphatic carbocycles. The molecule has 27 heavy (non-hydrogen) atoms. The van der Waals surface area contributed by atoms with Crippen LogP contribution in [0.5, 0.6) is 0 Å². The Morgan fingerprint density at radius 1 is 1.30 bits per heavy atom. The van der Waals surface area contributed by atoms with Crippen molar-refractivity contribution in [1.29, 1.82) is 0 Å². The summed E-state index contributed by atoms with van der Waals surface area (Å²) in [6.07, 6.45) is 7.21. The third-order valence-electron chi connectivity index (χ3n) is 4.28. The average molecular weight is 370 g/mol. The molecular formula is C21H26N2O4. The van der Waals surface area contributed by atoms with E-state index in [1.54, 1.807) is 19.1 Å². The van der Waals surface area contributed by atoms with Crippen LogP contribution in [0.15, 0.2) is 42.5 Å². The molecule has 2 amide bonds. The lowest BCUT2D eigenvalue weighted by Crippen LogP contribution is -2.35. The highest BCUT2D eigenvalue weighted by Gasteiger charge is 2.26. The number of hydrogen-bond acceptors (Lipinski definition) is 4. The number of aryl methyl sites for hydroxylation is 1. The van der Waals surface area contributed by atoms with E-state index in [-0.39, 0.29) is 24.3 Å².